The lowest BCUT2D eigenvalue weighted by Gasteiger charge is -2.31. The Morgan fingerprint density at radius 3 is 2.32 bits per heavy atom. The molecule has 0 spiro atoms. The van der Waals surface area contributed by atoms with Gasteiger partial charge in [-0.1, -0.05) is 54.6 Å². The number of fused-ring (bicyclic) bond motifs is 1. The number of carbonyl (C=O) groups is 1. The predicted octanol–water partition coefficient (Wildman–Crippen LogP) is 2.43. The number of nitrogens with one attached hydrogen (secondary N) is 1. The summed E-state index contributed by atoms with van der Waals surface area (Å²) in [6.07, 6.45) is 0.757. The van der Waals surface area contributed by atoms with Gasteiger partial charge in [0.25, 0.3) is 0 Å². The van der Waals surface area contributed by atoms with Gasteiger partial charge in [0, 0.05) is 6.42 Å². The topological polar surface area (TPSA) is 49.3 Å². The first-order chi connectivity index (χ1) is 10.6. The molecule has 114 valence electrons. The van der Waals surface area contributed by atoms with Crippen LogP contribution in [0.5, 0.6) is 0 Å². The molecule has 2 aromatic rings. The first kappa shape index (κ1) is 14.8. The van der Waals surface area contributed by atoms with Crippen LogP contribution in [-0.2, 0) is 17.6 Å². The van der Waals surface area contributed by atoms with E-state index in [4.69, 9.17) is 0 Å². The minimum absolute atomic E-state index is 0.0327. The van der Waals surface area contributed by atoms with Crippen LogP contribution in [0.2, 0.25) is 0 Å². The Labute approximate surface area is 131 Å². The molecule has 0 bridgehead atoms. The molecule has 3 heteroatoms. The molecule has 2 aromatic carbocycles. The number of rotatable bonds is 3. The number of aliphatic hydroxyl groups excluding tert-OH is 1. The minimum Gasteiger partial charge on any atom is -0.391 e. The zero-order valence-corrected chi connectivity index (χ0v) is 12.7. The molecule has 3 atom stereocenters. The third-order valence-corrected chi connectivity index (χ3v) is 4.47. The van der Waals surface area contributed by atoms with Crippen LogP contribution in [0, 0.1) is 0 Å². The molecule has 0 unspecified atom stereocenters. The maximum Gasteiger partial charge on any atom is 0.227 e. The largest absolute Gasteiger partial charge is 0.391 e. The highest BCUT2D eigenvalue weighted by Gasteiger charge is 2.29. The highest BCUT2D eigenvalue weighted by Crippen LogP contribution is 2.23. The lowest BCUT2D eigenvalue weighted by molar-refractivity contribution is -0.123. The first-order valence-electron chi connectivity index (χ1n) is 7.75. The summed E-state index contributed by atoms with van der Waals surface area (Å²) in [5, 5.41) is 13.3. The van der Waals surface area contributed by atoms with Crippen molar-refractivity contribution in [1.82, 2.24) is 5.32 Å². The molecule has 0 heterocycles. The number of hydrogen-bond acceptors (Lipinski definition) is 2. The Kier molecular flexibility index (Phi) is 4.25. The van der Waals surface area contributed by atoms with Crippen molar-refractivity contribution in [1.29, 1.82) is 0 Å². The second-order valence-corrected chi connectivity index (χ2v) is 5.99. The van der Waals surface area contributed by atoms with Crippen molar-refractivity contribution in [3.8, 4) is 0 Å². The van der Waals surface area contributed by atoms with Crippen LogP contribution in [0.15, 0.2) is 54.6 Å². The van der Waals surface area contributed by atoms with Crippen LogP contribution in [0.25, 0.3) is 0 Å². The lowest BCUT2D eigenvalue weighted by Crippen LogP contribution is -2.49. The molecule has 22 heavy (non-hydrogen) atoms. The molecule has 0 saturated carbocycles. The zero-order valence-electron chi connectivity index (χ0n) is 12.7. The molecule has 2 N–H and O–H groups in total. The van der Waals surface area contributed by atoms with Crippen molar-refractivity contribution in [2.45, 2.75) is 37.8 Å². The summed E-state index contributed by atoms with van der Waals surface area (Å²) in [4.78, 5) is 12.4. The van der Waals surface area contributed by atoms with E-state index in [2.05, 4.69) is 11.4 Å². The van der Waals surface area contributed by atoms with E-state index in [1.165, 1.54) is 11.1 Å². The second kappa shape index (κ2) is 6.32. The van der Waals surface area contributed by atoms with E-state index in [1.54, 1.807) is 0 Å². The Bertz CT molecular complexity index is 653. The molecular weight excluding hydrogens is 274 g/mol. The van der Waals surface area contributed by atoms with Gasteiger partial charge < -0.3 is 10.4 Å². The van der Waals surface area contributed by atoms with Gasteiger partial charge in [-0.25, -0.2) is 0 Å². The van der Waals surface area contributed by atoms with Gasteiger partial charge in [0.05, 0.1) is 18.1 Å². The van der Waals surface area contributed by atoms with E-state index in [9.17, 15) is 9.90 Å². The summed E-state index contributed by atoms with van der Waals surface area (Å²) in [5.41, 5.74) is 3.38. The third-order valence-electron chi connectivity index (χ3n) is 4.47. The molecule has 0 saturated heterocycles. The summed E-state index contributed by atoms with van der Waals surface area (Å²) in [7, 11) is 0. The van der Waals surface area contributed by atoms with Crippen molar-refractivity contribution in [3.05, 3.63) is 71.3 Å². The number of carbonyl (C=O) groups excluding carboxylic acids is 1. The summed E-state index contributed by atoms with van der Waals surface area (Å²) >= 11 is 0. The van der Waals surface area contributed by atoms with Crippen LogP contribution in [0.1, 0.15) is 29.5 Å². The number of hydrogen-bond donors (Lipinski definition) is 2. The van der Waals surface area contributed by atoms with Crippen LogP contribution < -0.4 is 5.32 Å². The fraction of sp³-hybridized carbons (Fsp3) is 0.316. The molecule has 3 rings (SSSR count). The molecule has 1 aliphatic rings. The predicted molar refractivity (Wildman–Crippen MR) is 86.6 cm³/mol. The average Bonchev–Trinajstić information content (AvgIpc) is 2.55. The number of benzene rings is 2. The monoisotopic (exact) mass is 295 g/mol. The Morgan fingerprint density at radius 1 is 1.05 bits per heavy atom. The van der Waals surface area contributed by atoms with Crippen molar-refractivity contribution in [2.24, 2.45) is 0 Å². The summed E-state index contributed by atoms with van der Waals surface area (Å²) in [5.74, 6) is -0.250. The van der Waals surface area contributed by atoms with Crippen LogP contribution >= 0.6 is 0 Å². The molecule has 1 amide bonds. The van der Waals surface area contributed by atoms with Crippen LogP contribution in [0.4, 0.5) is 0 Å². The fourth-order valence-corrected chi connectivity index (χ4v) is 3.04. The van der Waals surface area contributed by atoms with E-state index in [0.717, 1.165) is 5.56 Å². The van der Waals surface area contributed by atoms with E-state index in [-0.39, 0.29) is 17.9 Å². The zero-order chi connectivity index (χ0) is 15.5. The summed E-state index contributed by atoms with van der Waals surface area (Å²) in [6, 6.07) is 17.6. The maximum absolute atomic E-state index is 12.4. The molecule has 3 nitrogen and oxygen atoms in total. The molecule has 1 aliphatic carbocycles. The molecule has 0 aromatic heterocycles. The maximum atomic E-state index is 12.4. The Balaban J connectivity index is 1.69. The first-order valence-corrected chi connectivity index (χ1v) is 7.75. The van der Waals surface area contributed by atoms with Gasteiger partial charge in [-0.3, -0.25) is 4.79 Å². The molecule has 0 fully saturated rings. The number of amides is 1. The van der Waals surface area contributed by atoms with Gasteiger partial charge in [0.1, 0.15) is 0 Å². The average molecular weight is 295 g/mol. The van der Waals surface area contributed by atoms with Crippen molar-refractivity contribution < 1.29 is 9.90 Å². The Hall–Kier alpha value is -2.13. The normalized spacial score (nSPS) is 21.7. The van der Waals surface area contributed by atoms with Gasteiger partial charge in [0.2, 0.25) is 5.91 Å². The van der Waals surface area contributed by atoms with Gasteiger partial charge in [-0.05, 0) is 30.0 Å². The van der Waals surface area contributed by atoms with Gasteiger partial charge in [-0.2, -0.15) is 0 Å². The van der Waals surface area contributed by atoms with Crippen LogP contribution in [-0.4, -0.2) is 23.2 Å². The van der Waals surface area contributed by atoms with Crippen molar-refractivity contribution in [2.75, 3.05) is 0 Å². The molecular formula is C19H21NO2. The van der Waals surface area contributed by atoms with Gasteiger partial charge in [0.15, 0.2) is 0 Å². The van der Waals surface area contributed by atoms with E-state index < -0.39 is 6.10 Å². The highest BCUT2D eigenvalue weighted by molar-refractivity contribution is 5.83. The van der Waals surface area contributed by atoms with Gasteiger partial charge >= 0.3 is 0 Å². The lowest BCUT2D eigenvalue weighted by atomic mass is 9.86. The summed E-state index contributed by atoms with van der Waals surface area (Å²) < 4.78 is 0. The fourth-order valence-electron chi connectivity index (χ4n) is 3.04. The van der Waals surface area contributed by atoms with Crippen molar-refractivity contribution >= 4 is 5.91 Å². The Morgan fingerprint density at radius 2 is 1.64 bits per heavy atom. The molecule has 0 radical (unpaired) electrons. The standard InChI is InChI=1S/C19H21NO2/c1-13(14-7-3-2-4-8-14)19(22)20-17-11-15-9-5-6-10-16(15)12-18(17)21/h2-10,13,17-18,21H,11-12H2,1H3,(H,20,22)/t13-,17-,18-/m0/s1. The minimum atomic E-state index is -0.526. The SMILES string of the molecule is C[C@H](C(=O)N[C@H]1Cc2ccccc2C[C@@H]1O)c1ccccc1. The highest BCUT2D eigenvalue weighted by atomic mass is 16.3. The quantitative estimate of drug-likeness (QED) is 0.913. The smallest absolute Gasteiger partial charge is 0.227 e. The van der Waals surface area contributed by atoms with Gasteiger partial charge in [-0.15, -0.1) is 0 Å². The third kappa shape index (κ3) is 3.04. The van der Waals surface area contributed by atoms with Crippen molar-refractivity contribution in [3.63, 3.8) is 0 Å². The van der Waals surface area contributed by atoms with E-state index >= 15 is 0 Å². The van der Waals surface area contributed by atoms with E-state index in [1.807, 2.05) is 55.5 Å². The van der Waals surface area contributed by atoms with E-state index in [0.29, 0.717) is 12.8 Å². The van der Waals surface area contributed by atoms with Crippen LogP contribution in [0.3, 0.4) is 0 Å². The molecule has 0 aliphatic heterocycles. The number of aliphatic hydroxyl groups is 1. The summed E-state index contributed by atoms with van der Waals surface area (Å²) in [6.45, 7) is 1.90. The second-order valence-electron chi connectivity index (χ2n) is 5.99.